The van der Waals surface area contributed by atoms with Crippen molar-refractivity contribution in [3.8, 4) is 0 Å². The average Bonchev–Trinajstić information content (AvgIpc) is 2.30. The van der Waals surface area contributed by atoms with Crippen molar-refractivity contribution in [1.82, 2.24) is 0 Å². The highest BCUT2D eigenvalue weighted by atomic mass is 79.9. The molecule has 88 valence electrons. The fourth-order valence-electron chi connectivity index (χ4n) is 1.42. The van der Waals surface area contributed by atoms with Crippen molar-refractivity contribution >= 4 is 15.9 Å². The fourth-order valence-corrected chi connectivity index (χ4v) is 1.64. The van der Waals surface area contributed by atoms with Crippen LogP contribution in [0.5, 0.6) is 0 Å². The van der Waals surface area contributed by atoms with Crippen LogP contribution in [0.3, 0.4) is 0 Å². The fraction of sp³-hybridized carbons (Fsp3) is 0.429. The molecular formula is C14H19BrO. The van der Waals surface area contributed by atoms with Crippen molar-refractivity contribution < 1.29 is 4.74 Å². The monoisotopic (exact) mass is 282 g/mol. The van der Waals surface area contributed by atoms with Gasteiger partial charge < -0.3 is 4.74 Å². The predicted octanol–water partition coefficient (Wildman–Crippen LogP) is 4.18. The van der Waals surface area contributed by atoms with Gasteiger partial charge in [0.1, 0.15) is 0 Å². The highest BCUT2D eigenvalue weighted by Crippen LogP contribution is 2.12. The first-order chi connectivity index (χ1) is 7.74. The minimum Gasteiger partial charge on any atom is -0.369 e. The Hall–Kier alpha value is -0.600. The normalized spacial score (nSPS) is 13.5. The van der Waals surface area contributed by atoms with Crippen LogP contribution in [0.25, 0.3) is 0 Å². The molecule has 16 heavy (non-hydrogen) atoms. The van der Waals surface area contributed by atoms with Gasteiger partial charge in [-0.1, -0.05) is 72.3 Å². The summed E-state index contributed by atoms with van der Waals surface area (Å²) in [7, 11) is 0. The van der Waals surface area contributed by atoms with Crippen LogP contribution in [-0.4, -0.2) is 11.4 Å². The lowest BCUT2D eigenvalue weighted by Gasteiger charge is -2.18. The van der Waals surface area contributed by atoms with E-state index in [2.05, 4.69) is 54.1 Å². The number of halogens is 1. The van der Waals surface area contributed by atoms with Crippen LogP contribution in [-0.2, 0) is 11.3 Å². The van der Waals surface area contributed by atoms with E-state index in [0.717, 1.165) is 5.33 Å². The van der Waals surface area contributed by atoms with E-state index < -0.39 is 0 Å². The van der Waals surface area contributed by atoms with Crippen molar-refractivity contribution in [1.29, 1.82) is 0 Å². The summed E-state index contributed by atoms with van der Waals surface area (Å²) >= 11 is 3.38. The van der Waals surface area contributed by atoms with Crippen LogP contribution >= 0.6 is 15.9 Å². The molecule has 1 aromatic carbocycles. The van der Waals surface area contributed by atoms with Crippen molar-refractivity contribution in [2.24, 2.45) is 5.92 Å². The van der Waals surface area contributed by atoms with Gasteiger partial charge in [0.25, 0.3) is 0 Å². The van der Waals surface area contributed by atoms with E-state index in [1.165, 1.54) is 5.56 Å². The second-order valence-corrected chi connectivity index (χ2v) is 4.74. The van der Waals surface area contributed by atoms with Crippen LogP contribution in [0.2, 0.25) is 0 Å². The predicted molar refractivity (Wildman–Crippen MR) is 72.8 cm³/mol. The molecule has 1 atom stereocenters. The largest absolute Gasteiger partial charge is 0.369 e. The van der Waals surface area contributed by atoms with Crippen molar-refractivity contribution in [2.45, 2.75) is 26.6 Å². The maximum absolute atomic E-state index is 5.88. The molecule has 0 fully saturated rings. The Labute approximate surface area is 107 Å². The van der Waals surface area contributed by atoms with Crippen LogP contribution in [0, 0.1) is 5.92 Å². The van der Waals surface area contributed by atoms with Gasteiger partial charge in [-0.3, -0.25) is 0 Å². The Morgan fingerprint density at radius 2 is 1.94 bits per heavy atom. The van der Waals surface area contributed by atoms with Crippen molar-refractivity contribution in [3.05, 3.63) is 48.0 Å². The van der Waals surface area contributed by atoms with Gasteiger partial charge in [-0.25, -0.2) is 0 Å². The summed E-state index contributed by atoms with van der Waals surface area (Å²) in [5.74, 6) is 0.499. The van der Waals surface area contributed by atoms with E-state index in [9.17, 15) is 0 Å². The van der Waals surface area contributed by atoms with E-state index in [-0.39, 0.29) is 6.10 Å². The number of ether oxygens (including phenoxy) is 1. The maximum Gasteiger partial charge on any atom is 0.0783 e. The highest BCUT2D eigenvalue weighted by Gasteiger charge is 2.09. The van der Waals surface area contributed by atoms with Crippen LogP contribution in [0.4, 0.5) is 0 Å². The van der Waals surface area contributed by atoms with Crippen LogP contribution in [0.15, 0.2) is 42.5 Å². The molecule has 0 saturated carbocycles. The van der Waals surface area contributed by atoms with Crippen molar-refractivity contribution in [2.75, 3.05) is 5.33 Å². The number of benzene rings is 1. The molecule has 0 bridgehead atoms. The molecular weight excluding hydrogens is 264 g/mol. The van der Waals surface area contributed by atoms with Crippen LogP contribution < -0.4 is 0 Å². The third-order valence-corrected chi connectivity index (χ3v) is 2.73. The summed E-state index contributed by atoms with van der Waals surface area (Å²) < 4.78 is 5.88. The van der Waals surface area contributed by atoms with E-state index >= 15 is 0 Å². The number of hydrogen-bond donors (Lipinski definition) is 0. The van der Waals surface area contributed by atoms with Gasteiger partial charge in [0.2, 0.25) is 0 Å². The van der Waals surface area contributed by atoms with E-state index in [1.54, 1.807) is 0 Å². The van der Waals surface area contributed by atoms with Gasteiger partial charge in [0, 0.05) is 5.33 Å². The third-order valence-electron chi connectivity index (χ3n) is 2.36. The topological polar surface area (TPSA) is 9.23 Å². The molecule has 0 aliphatic carbocycles. The summed E-state index contributed by atoms with van der Waals surface area (Å²) in [6.07, 6.45) is 4.41. The Kier molecular flexibility index (Phi) is 6.43. The lowest BCUT2D eigenvalue weighted by molar-refractivity contribution is 0.0428. The molecule has 1 nitrogen and oxygen atoms in total. The summed E-state index contributed by atoms with van der Waals surface area (Å²) in [5.41, 5.74) is 1.22. The number of rotatable bonds is 6. The summed E-state index contributed by atoms with van der Waals surface area (Å²) in [6.45, 7) is 5.03. The third kappa shape index (κ3) is 4.95. The minimum atomic E-state index is 0.192. The van der Waals surface area contributed by atoms with Gasteiger partial charge in [-0.05, 0) is 11.5 Å². The summed E-state index contributed by atoms with van der Waals surface area (Å²) in [4.78, 5) is 0. The molecule has 0 aromatic heterocycles. The van der Waals surface area contributed by atoms with Gasteiger partial charge in [-0.15, -0.1) is 0 Å². The number of hydrogen-bond acceptors (Lipinski definition) is 1. The molecule has 0 aliphatic heterocycles. The van der Waals surface area contributed by atoms with E-state index in [0.29, 0.717) is 12.5 Å². The van der Waals surface area contributed by atoms with Gasteiger partial charge in [-0.2, -0.15) is 0 Å². The molecule has 0 aliphatic rings. The molecule has 1 aromatic rings. The molecule has 0 radical (unpaired) electrons. The number of allylic oxidation sites excluding steroid dienone is 1. The zero-order valence-corrected chi connectivity index (χ0v) is 11.5. The zero-order chi connectivity index (χ0) is 11.8. The Balaban J connectivity index is 2.47. The molecule has 0 N–H and O–H groups in total. The van der Waals surface area contributed by atoms with Crippen LogP contribution in [0.1, 0.15) is 19.4 Å². The Morgan fingerprint density at radius 3 is 2.50 bits per heavy atom. The number of alkyl halides is 1. The first kappa shape index (κ1) is 13.5. The van der Waals surface area contributed by atoms with E-state index in [1.807, 2.05) is 18.2 Å². The second-order valence-electron chi connectivity index (χ2n) is 4.09. The lowest BCUT2D eigenvalue weighted by Crippen LogP contribution is -2.17. The lowest BCUT2D eigenvalue weighted by atomic mass is 10.1. The molecule has 0 heterocycles. The Morgan fingerprint density at radius 1 is 1.25 bits per heavy atom. The second kappa shape index (κ2) is 7.64. The minimum absolute atomic E-state index is 0.192. The molecule has 1 unspecified atom stereocenters. The first-order valence-electron chi connectivity index (χ1n) is 5.62. The SMILES string of the molecule is CC(C)C(/C=C\CBr)OCc1ccccc1. The smallest absolute Gasteiger partial charge is 0.0783 e. The summed E-state index contributed by atoms with van der Waals surface area (Å²) in [6, 6.07) is 10.3. The Bertz CT molecular complexity index is 306. The van der Waals surface area contributed by atoms with E-state index in [4.69, 9.17) is 4.74 Å². The summed E-state index contributed by atoms with van der Waals surface area (Å²) in [5, 5.41) is 0.880. The molecule has 2 heteroatoms. The standard InChI is InChI=1S/C14H19BrO/c1-12(2)14(9-6-10-15)16-11-13-7-4-3-5-8-13/h3-9,12,14H,10-11H2,1-2H3/b9-6-. The maximum atomic E-state index is 5.88. The van der Waals surface area contributed by atoms with Gasteiger partial charge in [0.05, 0.1) is 12.7 Å². The highest BCUT2D eigenvalue weighted by molar-refractivity contribution is 9.09. The molecule has 1 rings (SSSR count). The molecule has 0 spiro atoms. The first-order valence-corrected chi connectivity index (χ1v) is 6.74. The quantitative estimate of drug-likeness (QED) is 0.562. The van der Waals surface area contributed by atoms with Crippen molar-refractivity contribution in [3.63, 3.8) is 0 Å². The molecule has 0 amide bonds. The van der Waals surface area contributed by atoms with Gasteiger partial charge in [0.15, 0.2) is 0 Å². The zero-order valence-electron chi connectivity index (χ0n) is 9.90. The average molecular weight is 283 g/mol. The molecule has 0 saturated heterocycles. The van der Waals surface area contributed by atoms with Gasteiger partial charge >= 0.3 is 0 Å².